The Morgan fingerprint density at radius 1 is 1.07 bits per heavy atom. The molecule has 8 heteroatoms. The normalized spacial score (nSPS) is 15.1. The molecule has 6 nitrogen and oxygen atoms in total. The Labute approximate surface area is 164 Å². The number of aryl methyl sites for hydroxylation is 1. The van der Waals surface area contributed by atoms with Crippen LogP contribution in [-0.4, -0.2) is 20.5 Å². The van der Waals surface area contributed by atoms with Gasteiger partial charge in [0.25, 0.3) is 10.0 Å². The molecule has 0 atom stereocenters. The summed E-state index contributed by atoms with van der Waals surface area (Å²) in [5.74, 6) is -0.662. The van der Waals surface area contributed by atoms with E-state index < -0.39 is 15.8 Å². The van der Waals surface area contributed by atoms with Crippen molar-refractivity contribution < 1.29 is 17.6 Å². The highest BCUT2D eigenvalue weighted by Crippen LogP contribution is 2.24. The van der Waals surface area contributed by atoms with Crippen molar-refractivity contribution in [1.82, 2.24) is 5.32 Å². The van der Waals surface area contributed by atoms with Crippen molar-refractivity contribution in [1.29, 1.82) is 0 Å². The maximum absolute atomic E-state index is 13.8. The summed E-state index contributed by atoms with van der Waals surface area (Å²) in [7, 11) is -4.01. The van der Waals surface area contributed by atoms with E-state index in [2.05, 4.69) is 15.4 Å². The van der Waals surface area contributed by atoms with E-state index in [4.69, 9.17) is 0 Å². The average Bonchev–Trinajstić information content (AvgIpc) is 2.66. The van der Waals surface area contributed by atoms with Gasteiger partial charge >= 0.3 is 6.03 Å². The molecule has 0 bridgehead atoms. The minimum atomic E-state index is -4.01. The van der Waals surface area contributed by atoms with Crippen molar-refractivity contribution in [3.8, 4) is 0 Å². The Morgan fingerprint density at radius 3 is 2.50 bits per heavy atom. The molecule has 0 radical (unpaired) electrons. The predicted molar refractivity (Wildman–Crippen MR) is 107 cm³/mol. The van der Waals surface area contributed by atoms with Crippen LogP contribution in [-0.2, 0) is 10.0 Å². The Kier molecular flexibility index (Phi) is 6.18. The zero-order valence-electron chi connectivity index (χ0n) is 15.7. The maximum atomic E-state index is 13.8. The minimum Gasteiger partial charge on any atom is -0.335 e. The number of halogens is 1. The van der Waals surface area contributed by atoms with E-state index in [1.54, 1.807) is 25.1 Å². The van der Waals surface area contributed by atoms with Crippen LogP contribution in [0.4, 0.5) is 20.6 Å². The summed E-state index contributed by atoms with van der Waals surface area (Å²) < 4.78 is 41.5. The zero-order valence-corrected chi connectivity index (χ0v) is 16.5. The fraction of sp³-hybridized carbons (Fsp3) is 0.350. The van der Waals surface area contributed by atoms with Crippen molar-refractivity contribution in [2.24, 2.45) is 0 Å². The zero-order chi connectivity index (χ0) is 20.1. The summed E-state index contributed by atoms with van der Waals surface area (Å²) in [6, 6.07) is 9.95. The van der Waals surface area contributed by atoms with E-state index in [1.165, 1.54) is 30.7 Å². The molecule has 0 unspecified atom stereocenters. The Bertz CT molecular complexity index is 957. The van der Waals surface area contributed by atoms with Crippen molar-refractivity contribution >= 4 is 27.4 Å². The molecule has 0 aliphatic heterocycles. The van der Waals surface area contributed by atoms with Gasteiger partial charge in [-0.1, -0.05) is 37.5 Å². The fourth-order valence-corrected chi connectivity index (χ4v) is 4.65. The summed E-state index contributed by atoms with van der Waals surface area (Å²) >= 11 is 0. The molecule has 1 saturated carbocycles. The van der Waals surface area contributed by atoms with Gasteiger partial charge in [-0.25, -0.2) is 17.6 Å². The smallest absolute Gasteiger partial charge is 0.319 e. The number of rotatable bonds is 5. The van der Waals surface area contributed by atoms with E-state index in [9.17, 15) is 17.6 Å². The molecule has 3 N–H and O–H groups in total. The van der Waals surface area contributed by atoms with Crippen LogP contribution in [0, 0.1) is 12.7 Å². The van der Waals surface area contributed by atoms with E-state index in [-0.39, 0.29) is 22.7 Å². The van der Waals surface area contributed by atoms with E-state index in [1.807, 2.05) is 0 Å². The van der Waals surface area contributed by atoms with Gasteiger partial charge in [-0.15, -0.1) is 0 Å². The van der Waals surface area contributed by atoms with Crippen LogP contribution in [0.25, 0.3) is 0 Å². The first-order valence-electron chi connectivity index (χ1n) is 9.31. The van der Waals surface area contributed by atoms with Gasteiger partial charge in [-0.2, -0.15) is 0 Å². The molecule has 1 aliphatic rings. The highest BCUT2D eigenvalue weighted by molar-refractivity contribution is 7.92. The van der Waals surface area contributed by atoms with Crippen LogP contribution in [0.1, 0.15) is 37.7 Å². The highest BCUT2D eigenvalue weighted by atomic mass is 32.2. The molecule has 2 amide bonds. The van der Waals surface area contributed by atoms with Crippen LogP contribution in [0.15, 0.2) is 47.4 Å². The number of benzene rings is 2. The summed E-state index contributed by atoms with van der Waals surface area (Å²) in [6.07, 6.45) is 5.29. The second kappa shape index (κ2) is 8.60. The Hall–Kier alpha value is -2.61. The second-order valence-electron chi connectivity index (χ2n) is 7.00. The van der Waals surface area contributed by atoms with Crippen molar-refractivity contribution in [3.63, 3.8) is 0 Å². The molecule has 28 heavy (non-hydrogen) atoms. The SMILES string of the molecule is Cc1ccc(NC(=O)NC2CCCCC2)cc1S(=O)(=O)Nc1ccccc1F. The number of sulfonamides is 1. The van der Waals surface area contributed by atoms with Crippen LogP contribution in [0.5, 0.6) is 0 Å². The number of nitrogens with one attached hydrogen (secondary N) is 3. The third-order valence-corrected chi connectivity index (χ3v) is 6.30. The third-order valence-electron chi connectivity index (χ3n) is 4.79. The van der Waals surface area contributed by atoms with Gasteiger partial charge in [0.15, 0.2) is 0 Å². The van der Waals surface area contributed by atoms with E-state index >= 15 is 0 Å². The van der Waals surface area contributed by atoms with E-state index in [0.717, 1.165) is 25.7 Å². The first-order valence-corrected chi connectivity index (χ1v) is 10.8. The molecule has 2 aromatic rings. The van der Waals surface area contributed by atoms with Crippen LogP contribution < -0.4 is 15.4 Å². The molecule has 3 rings (SSSR count). The summed E-state index contributed by atoms with van der Waals surface area (Å²) in [5.41, 5.74) is 0.713. The van der Waals surface area contributed by atoms with Gasteiger partial charge in [0.2, 0.25) is 0 Å². The van der Waals surface area contributed by atoms with Gasteiger partial charge in [-0.3, -0.25) is 4.72 Å². The number of carbonyl (C=O) groups excluding carboxylic acids is 1. The molecular weight excluding hydrogens is 381 g/mol. The lowest BCUT2D eigenvalue weighted by atomic mass is 9.96. The molecule has 2 aromatic carbocycles. The van der Waals surface area contributed by atoms with Crippen LogP contribution in [0.3, 0.4) is 0 Å². The van der Waals surface area contributed by atoms with Crippen molar-refractivity contribution in [2.45, 2.75) is 50.0 Å². The lowest BCUT2D eigenvalue weighted by Crippen LogP contribution is -2.39. The molecule has 0 aromatic heterocycles. The average molecular weight is 405 g/mol. The fourth-order valence-electron chi connectivity index (χ4n) is 3.31. The highest BCUT2D eigenvalue weighted by Gasteiger charge is 2.20. The van der Waals surface area contributed by atoms with Gasteiger partial charge in [0, 0.05) is 11.7 Å². The van der Waals surface area contributed by atoms with Gasteiger partial charge in [0.05, 0.1) is 10.6 Å². The minimum absolute atomic E-state index is 0.0220. The number of carbonyl (C=O) groups is 1. The molecule has 0 spiro atoms. The second-order valence-corrected chi connectivity index (χ2v) is 8.65. The summed E-state index contributed by atoms with van der Waals surface area (Å²) in [5, 5.41) is 5.61. The third kappa shape index (κ3) is 5.01. The number of hydrogen-bond acceptors (Lipinski definition) is 3. The predicted octanol–water partition coefficient (Wildman–Crippen LogP) is 4.39. The standard InChI is InChI=1S/C20H24FN3O3S/c1-14-11-12-16(23-20(25)22-15-7-3-2-4-8-15)13-19(14)28(26,27)24-18-10-6-5-9-17(18)21/h5-6,9-13,15,24H,2-4,7-8H2,1H3,(H2,22,23,25). The van der Waals surface area contributed by atoms with Crippen LogP contribution >= 0.6 is 0 Å². The molecule has 1 fully saturated rings. The van der Waals surface area contributed by atoms with Gasteiger partial charge in [-0.05, 0) is 49.6 Å². The molecular formula is C20H24FN3O3S. The first kappa shape index (κ1) is 20.1. The monoisotopic (exact) mass is 405 g/mol. The number of amides is 2. The topological polar surface area (TPSA) is 87.3 Å². The first-order chi connectivity index (χ1) is 13.3. The molecule has 0 heterocycles. The quantitative estimate of drug-likeness (QED) is 0.689. The molecule has 1 aliphatic carbocycles. The number of hydrogen-bond donors (Lipinski definition) is 3. The maximum Gasteiger partial charge on any atom is 0.319 e. The van der Waals surface area contributed by atoms with Gasteiger partial charge < -0.3 is 10.6 Å². The molecule has 150 valence electrons. The Morgan fingerprint density at radius 2 is 1.79 bits per heavy atom. The van der Waals surface area contributed by atoms with Crippen LogP contribution in [0.2, 0.25) is 0 Å². The van der Waals surface area contributed by atoms with Gasteiger partial charge in [0.1, 0.15) is 5.82 Å². The van der Waals surface area contributed by atoms with Crippen molar-refractivity contribution in [3.05, 3.63) is 53.8 Å². The molecule has 0 saturated heterocycles. The Balaban J connectivity index is 1.75. The summed E-state index contributed by atoms with van der Waals surface area (Å²) in [4.78, 5) is 12.2. The van der Waals surface area contributed by atoms with Crippen molar-refractivity contribution in [2.75, 3.05) is 10.0 Å². The lowest BCUT2D eigenvalue weighted by Gasteiger charge is -2.23. The number of para-hydroxylation sites is 1. The lowest BCUT2D eigenvalue weighted by molar-refractivity contribution is 0.244. The number of urea groups is 1. The number of anilines is 2. The van der Waals surface area contributed by atoms with E-state index in [0.29, 0.717) is 11.3 Å². The largest absolute Gasteiger partial charge is 0.335 e. The summed E-state index contributed by atoms with van der Waals surface area (Å²) in [6.45, 7) is 1.64.